The van der Waals surface area contributed by atoms with E-state index in [1.54, 1.807) is 0 Å². The van der Waals surface area contributed by atoms with Crippen LogP contribution in [0.1, 0.15) is 83.0 Å². The van der Waals surface area contributed by atoms with Crippen molar-refractivity contribution in [1.29, 1.82) is 0 Å². The number of rotatable bonds is 5. The van der Waals surface area contributed by atoms with Crippen molar-refractivity contribution in [2.45, 2.75) is 78.7 Å². The molecule has 5 rings (SSSR count). The van der Waals surface area contributed by atoms with Gasteiger partial charge in [0.25, 0.3) is 5.69 Å². The van der Waals surface area contributed by atoms with Crippen molar-refractivity contribution in [3.8, 4) is 0 Å². The van der Waals surface area contributed by atoms with Gasteiger partial charge in [0, 0.05) is 25.5 Å². The monoisotopic (exact) mass is 520 g/mol. The van der Waals surface area contributed by atoms with Gasteiger partial charge in [0.05, 0.1) is 16.2 Å². The van der Waals surface area contributed by atoms with E-state index in [4.69, 9.17) is 9.57 Å². The largest absolute Gasteiger partial charge is 0.462 e. The van der Waals surface area contributed by atoms with Crippen LogP contribution in [-0.2, 0) is 14.4 Å². The van der Waals surface area contributed by atoms with Gasteiger partial charge in [-0.2, -0.15) is 0 Å². The molecule has 0 spiro atoms. The first-order valence-corrected chi connectivity index (χ1v) is 13.6. The first kappa shape index (κ1) is 26.3. The Morgan fingerprint density at radius 1 is 1.05 bits per heavy atom. The predicted octanol–water partition coefficient (Wildman–Crippen LogP) is 6.56. The van der Waals surface area contributed by atoms with Crippen LogP contribution in [0.4, 0.5) is 5.69 Å². The summed E-state index contributed by atoms with van der Waals surface area (Å²) < 4.78 is 5.56. The summed E-state index contributed by atoms with van der Waals surface area (Å²) in [4.78, 5) is 39.8. The number of benzene rings is 1. The summed E-state index contributed by atoms with van der Waals surface area (Å²) in [6.45, 7) is 8.12. The molecule has 0 saturated heterocycles. The maximum absolute atomic E-state index is 12.5. The lowest BCUT2D eigenvalue weighted by Crippen LogP contribution is -2.50. The molecule has 0 N–H and O–H groups in total. The van der Waals surface area contributed by atoms with Gasteiger partial charge in [0.15, 0.2) is 0 Å². The summed E-state index contributed by atoms with van der Waals surface area (Å²) in [6, 6.07) is 5.48. The number of carbonyl (C=O) groups is 2. The number of carbonyl (C=O) groups excluding carboxylic acids is 2. The summed E-state index contributed by atoms with van der Waals surface area (Å²) in [7, 11) is 0. The smallest absolute Gasteiger partial charge is 0.365 e. The number of non-ortho nitro benzene ring substituents is 1. The zero-order chi connectivity index (χ0) is 27.2. The van der Waals surface area contributed by atoms with Crippen molar-refractivity contribution >= 4 is 23.3 Å². The molecule has 38 heavy (non-hydrogen) atoms. The molecule has 0 bridgehead atoms. The van der Waals surface area contributed by atoms with Crippen LogP contribution in [0.2, 0.25) is 0 Å². The number of nitro groups is 1. The third-order valence-electron chi connectivity index (χ3n) is 9.92. The maximum Gasteiger partial charge on any atom is 0.365 e. The first-order chi connectivity index (χ1) is 18.0. The van der Waals surface area contributed by atoms with Crippen LogP contribution in [0.3, 0.4) is 0 Å². The summed E-state index contributed by atoms with van der Waals surface area (Å²) in [5.74, 6) is 0.768. The lowest BCUT2D eigenvalue weighted by atomic mass is 9.47. The van der Waals surface area contributed by atoms with Gasteiger partial charge >= 0.3 is 11.9 Å². The number of nitro benzene ring substituents is 1. The second-order valence-electron chi connectivity index (χ2n) is 11.9. The molecule has 0 aliphatic heterocycles. The van der Waals surface area contributed by atoms with Crippen molar-refractivity contribution in [3.05, 3.63) is 63.2 Å². The third kappa shape index (κ3) is 4.48. The molecule has 0 amide bonds. The molecule has 6 atom stereocenters. The van der Waals surface area contributed by atoms with E-state index in [0.717, 1.165) is 50.5 Å². The van der Waals surface area contributed by atoms with Gasteiger partial charge < -0.3 is 9.57 Å². The fourth-order valence-electron chi connectivity index (χ4n) is 8.05. The van der Waals surface area contributed by atoms with Gasteiger partial charge in [-0.25, -0.2) is 4.79 Å². The minimum absolute atomic E-state index is 0.000533. The number of hydrogen-bond donors (Lipinski definition) is 0. The van der Waals surface area contributed by atoms with E-state index in [-0.39, 0.29) is 34.2 Å². The molecule has 4 aliphatic rings. The van der Waals surface area contributed by atoms with Crippen molar-refractivity contribution in [2.75, 3.05) is 0 Å². The van der Waals surface area contributed by atoms with Crippen LogP contribution in [0.25, 0.3) is 0 Å². The first-order valence-electron chi connectivity index (χ1n) is 13.6. The summed E-state index contributed by atoms with van der Waals surface area (Å²) >= 11 is 0. The molecule has 2 fully saturated rings. The van der Waals surface area contributed by atoms with Gasteiger partial charge in [0.2, 0.25) is 0 Å². The molecule has 0 radical (unpaired) electrons. The van der Waals surface area contributed by atoms with Crippen molar-refractivity contribution in [1.82, 2.24) is 0 Å². The van der Waals surface area contributed by atoms with Crippen LogP contribution in [-0.4, -0.2) is 28.7 Å². The minimum Gasteiger partial charge on any atom is -0.462 e. The normalized spacial score (nSPS) is 34.2. The molecule has 0 heterocycles. The number of hydrogen-bond acceptors (Lipinski definition) is 7. The Kier molecular flexibility index (Phi) is 6.78. The van der Waals surface area contributed by atoms with E-state index < -0.39 is 10.9 Å². The number of ether oxygens (including phenoxy) is 1. The average Bonchev–Trinajstić information content (AvgIpc) is 3.24. The minimum atomic E-state index is -0.709. The Labute approximate surface area is 223 Å². The van der Waals surface area contributed by atoms with E-state index in [1.165, 1.54) is 36.8 Å². The topological polar surface area (TPSA) is 108 Å². The average molecular weight is 521 g/mol. The molecule has 0 aromatic heterocycles. The summed E-state index contributed by atoms with van der Waals surface area (Å²) in [5.41, 5.74) is 3.35. The molecule has 4 aliphatic carbocycles. The van der Waals surface area contributed by atoms with E-state index in [1.807, 2.05) is 6.92 Å². The van der Waals surface area contributed by atoms with Crippen LogP contribution in [0.5, 0.6) is 0 Å². The standard InChI is InChI=1S/C30H36N2O6/c1-18(31-38-28(34)20-6-5-7-22(16-20)32(35)36)25-10-11-26-24-9-8-21-17-23(37-19(2)33)12-14-29(21,3)27(24)13-15-30(25,26)4/h5-8,10,16,23-24,26-27H,9,11-15,17H2,1-4H3. The summed E-state index contributed by atoms with van der Waals surface area (Å²) in [5, 5.41) is 15.2. The number of fused-ring (bicyclic) bond motifs is 5. The van der Waals surface area contributed by atoms with Gasteiger partial charge in [0.1, 0.15) is 6.10 Å². The molecule has 6 unspecified atom stereocenters. The van der Waals surface area contributed by atoms with E-state index in [9.17, 15) is 19.7 Å². The zero-order valence-corrected chi connectivity index (χ0v) is 22.6. The highest BCUT2D eigenvalue weighted by Crippen LogP contribution is 2.65. The van der Waals surface area contributed by atoms with Crippen LogP contribution < -0.4 is 0 Å². The third-order valence-corrected chi connectivity index (χ3v) is 9.92. The van der Waals surface area contributed by atoms with Gasteiger partial charge in [-0.05, 0) is 85.7 Å². The molecular formula is C30H36N2O6. The molecular weight excluding hydrogens is 484 g/mol. The van der Waals surface area contributed by atoms with Crippen molar-refractivity contribution in [3.63, 3.8) is 0 Å². The second-order valence-corrected chi connectivity index (χ2v) is 11.9. The van der Waals surface area contributed by atoms with Gasteiger partial charge in [-0.15, -0.1) is 0 Å². The SMILES string of the molecule is CC(=O)OC1CCC2(C)C(=CCC3C2CCC2(C)C(C(C)=NOC(=O)c4cccc([N+](=O)[O-])c4)=CCC32)C1. The van der Waals surface area contributed by atoms with Crippen LogP contribution >= 0.6 is 0 Å². The Morgan fingerprint density at radius 2 is 1.82 bits per heavy atom. The molecule has 1 aromatic carbocycles. The second kappa shape index (κ2) is 9.79. The van der Waals surface area contributed by atoms with Crippen LogP contribution in [0.15, 0.2) is 52.7 Å². The summed E-state index contributed by atoms with van der Waals surface area (Å²) in [6.07, 6.45) is 11.7. The maximum atomic E-state index is 12.5. The van der Waals surface area contributed by atoms with E-state index in [0.29, 0.717) is 23.5 Å². The Bertz CT molecular complexity index is 1260. The van der Waals surface area contributed by atoms with E-state index in [2.05, 4.69) is 31.2 Å². The Balaban J connectivity index is 1.30. The molecule has 2 saturated carbocycles. The number of esters is 1. The lowest BCUT2D eigenvalue weighted by Gasteiger charge is -2.57. The fourth-order valence-corrected chi connectivity index (χ4v) is 8.05. The highest BCUT2D eigenvalue weighted by Gasteiger charge is 2.57. The fraction of sp³-hybridized carbons (Fsp3) is 0.567. The lowest BCUT2D eigenvalue weighted by molar-refractivity contribution is -0.384. The highest BCUT2D eigenvalue weighted by atomic mass is 16.7. The number of nitrogens with zero attached hydrogens (tertiary/aromatic N) is 2. The Hall–Kier alpha value is -3.29. The number of allylic oxidation sites excluding steroid dienone is 3. The highest BCUT2D eigenvalue weighted by molar-refractivity contribution is 6.00. The molecule has 1 aromatic rings. The Morgan fingerprint density at radius 3 is 2.55 bits per heavy atom. The molecule has 8 nitrogen and oxygen atoms in total. The zero-order valence-electron chi connectivity index (χ0n) is 22.6. The van der Waals surface area contributed by atoms with Gasteiger partial charge in [-0.1, -0.05) is 42.8 Å². The molecule has 202 valence electrons. The van der Waals surface area contributed by atoms with Crippen molar-refractivity contribution in [2.24, 2.45) is 33.7 Å². The van der Waals surface area contributed by atoms with Crippen molar-refractivity contribution < 1.29 is 24.1 Å². The van der Waals surface area contributed by atoms with Gasteiger partial charge in [-0.3, -0.25) is 14.9 Å². The van der Waals surface area contributed by atoms with Crippen LogP contribution in [0, 0.1) is 38.7 Å². The quantitative estimate of drug-likeness (QED) is 0.109. The number of oxime groups is 1. The molecule has 8 heteroatoms. The van der Waals surface area contributed by atoms with E-state index >= 15 is 0 Å². The predicted molar refractivity (Wildman–Crippen MR) is 142 cm³/mol.